The Hall–Kier alpha value is -2.95. The SMILES string of the molecule is O=C(NC(NC(=O)C(F)(F)F)C(=O)OC(=O)C1CCCN1)c1ccccc1. The monoisotopic (exact) mass is 387 g/mol. The van der Waals surface area contributed by atoms with Crippen LogP contribution in [0, 0.1) is 0 Å². The maximum absolute atomic E-state index is 12.5. The van der Waals surface area contributed by atoms with Crippen LogP contribution in [0.5, 0.6) is 0 Å². The summed E-state index contributed by atoms with van der Waals surface area (Å²) in [6, 6.07) is 6.49. The van der Waals surface area contributed by atoms with E-state index in [4.69, 9.17) is 0 Å². The fourth-order valence-electron chi connectivity index (χ4n) is 2.29. The number of benzene rings is 1. The quantitative estimate of drug-likeness (QED) is 0.379. The molecule has 2 rings (SSSR count). The molecule has 0 radical (unpaired) electrons. The zero-order chi connectivity index (χ0) is 20.0. The maximum atomic E-state index is 12.5. The summed E-state index contributed by atoms with van der Waals surface area (Å²) in [5.74, 6) is -5.94. The third-order valence-corrected chi connectivity index (χ3v) is 3.63. The first-order valence-electron chi connectivity index (χ1n) is 7.91. The highest BCUT2D eigenvalue weighted by Gasteiger charge is 2.42. The molecule has 1 aliphatic heterocycles. The molecule has 1 aromatic carbocycles. The molecule has 1 saturated heterocycles. The van der Waals surface area contributed by atoms with E-state index >= 15 is 0 Å². The van der Waals surface area contributed by atoms with Gasteiger partial charge in [-0.15, -0.1) is 0 Å². The molecule has 1 aromatic rings. The number of amides is 2. The fourth-order valence-corrected chi connectivity index (χ4v) is 2.29. The molecule has 0 bridgehead atoms. The Labute approximate surface area is 151 Å². The zero-order valence-electron chi connectivity index (χ0n) is 13.8. The van der Waals surface area contributed by atoms with E-state index in [2.05, 4.69) is 10.1 Å². The highest BCUT2D eigenvalue weighted by Crippen LogP contribution is 2.15. The van der Waals surface area contributed by atoms with Crippen molar-refractivity contribution in [2.24, 2.45) is 0 Å². The van der Waals surface area contributed by atoms with E-state index in [-0.39, 0.29) is 5.56 Å². The molecule has 8 nitrogen and oxygen atoms in total. The van der Waals surface area contributed by atoms with E-state index in [1.807, 2.05) is 5.32 Å². The van der Waals surface area contributed by atoms with Crippen LogP contribution in [0.3, 0.4) is 0 Å². The molecule has 1 aliphatic rings. The molecule has 0 saturated carbocycles. The molecular weight excluding hydrogens is 371 g/mol. The fraction of sp³-hybridized carbons (Fsp3) is 0.375. The van der Waals surface area contributed by atoms with Crippen LogP contribution in [0.25, 0.3) is 0 Å². The summed E-state index contributed by atoms with van der Waals surface area (Å²) in [6.45, 7) is 0.521. The largest absolute Gasteiger partial charge is 0.471 e. The average Bonchev–Trinajstić information content (AvgIpc) is 3.15. The highest BCUT2D eigenvalue weighted by molar-refractivity contribution is 6.00. The minimum absolute atomic E-state index is 0.0281. The minimum atomic E-state index is -5.30. The van der Waals surface area contributed by atoms with Gasteiger partial charge in [0.05, 0.1) is 0 Å². The van der Waals surface area contributed by atoms with Crippen LogP contribution in [-0.4, -0.2) is 48.7 Å². The number of hydrogen-bond acceptors (Lipinski definition) is 6. The van der Waals surface area contributed by atoms with Gasteiger partial charge in [0.2, 0.25) is 6.17 Å². The van der Waals surface area contributed by atoms with Gasteiger partial charge in [-0.3, -0.25) is 9.59 Å². The first kappa shape index (κ1) is 20.4. The van der Waals surface area contributed by atoms with E-state index in [1.165, 1.54) is 29.6 Å². The Morgan fingerprint density at radius 3 is 2.33 bits per heavy atom. The van der Waals surface area contributed by atoms with Crippen molar-refractivity contribution in [1.82, 2.24) is 16.0 Å². The van der Waals surface area contributed by atoms with Crippen LogP contribution in [0.15, 0.2) is 30.3 Å². The molecule has 3 N–H and O–H groups in total. The topological polar surface area (TPSA) is 114 Å². The lowest BCUT2D eigenvalue weighted by Crippen LogP contribution is -2.57. The molecule has 2 unspecified atom stereocenters. The molecule has 1 fully saturated rings. The van der Waals surface area contributed by atoms with Crippen LogP contribution in [0.1, 0.15) is 23.2 Å². The third-order valence-electron chi connectivity index (χ3n) is 3.63. The van der Waals surface area contributed by atoms with Gasteiger partial charge in [0, 0.05) is 5.56 Å². The Morgan fingerprint density at radius 2 is 1.78 bits per heavy atom. The second-order valence-electron chi connectivity index (χ2n) is 5.63. The number of nitrogens with one attached hydrogen (secondary N) is 3. The molecule has 11 heteroatoms. The van der Waals surface area contributed by atoms with Gasteiger partial charge in [0.25, 0.3) is 5.91 Å². The lowest BCUT2D eigenvalue weighted by molar-refractivity contribution is -0.177. The van der Waals surface area contributed by atoms with Crippen molar-refractivity contribution in [3.63, 3.8) is 0 Å². The van der Waals surface area contributed by atoms with Gasteiger partial charge in [0.1, 0.15) is 6.04 Å². The first-order valence-corrected chi connectivity index (χ1v) is 7.91. The number of hydrogen-bond donors (Lipinski definition) is 3. The summed E-state index contributed by atoms with van der Waals surface area (Å²) in [5.41, 5.74) is 0.0281. The van der Waals surface area contributed by atoms with Crippen molar-refractivity contribution in [3.8, 4) is 0 Å². The number of alkyl halides is 3. The van der Waals surface area contributed by atoms with Crippen LogP contribution in [-0.2, 0) is 19.1 Å². The Bertz CT molecular complexity index is 718. The second kappa shape index (κ2) is 8.62. The van der Waals surface area contributed by atoms with Crippen LogP contribution in [0.2, 0.25) is 0 Å². The number of esters is 2. The molecule has 0 aliphatic carbocycles. The van der Waals surface area contributed by atoms with Crippen molar-refractivity contribution < 1.29 is 37.1 Å². The molecule has 27 heavy (non-hydrogen) atoms. The van der Waals surface area contributed by atoms with Gasteiger partial charge in [-0.25, -0.2) is 9.59 Å². The third kappa shape index (κ3) is 5.78. The predicted octanol–water partition coefficient (Wildman–Crippen LogP) is 0.243. The van der Waals surface area contributed by atoms with Gasteiger partial charge in [0.15, 0.2) is 0 Å². The number of carbonyl (C=O) groups is 4. The standard InChI is InChI=1S/C16H16F3N3O5/c17-16(18,19)15(26)22-11(21-12(23)9-5-2-1-3-6-9)14(25)27-13(24)10-7-4-8-20-10/h1-3,5-6,10-11,20H,4,7-8H2,(H,21,23)(H,22,26). The smallest absolute Gasteiger partial charge is 0.389 e. The number of ether oxygens (including phenoxy) is 1. The van der Waals surface area contributed by atoms with Crippen LogP contribution >= 0.6 is 0 Å². The Kier molecular flexibility index (Phi) is 6.50. The van der Waals surface area contributed by atoms with Crippen LogP contribution in [0.4, 0.5) is 13.2 Å². The molecule has 1 heterocycles. The van der Waals surface area contributed by atoms with Gasteiger partial charge < -0.3 is 20.7 Å². The van der Waals surface area contributed by atoms with Crippen LogP contribution < -0.4 is 16.0 Å². The zero-order valence-corrected chi connectivity index (χ0v) is 13.8. The molecule has 2 amide bonds. The second-order valence-corrected chi connectivity index (χ2v) is 5.63. The lowest BCUT2D eigenvalue weighted by atomic mass is 10.2. The first-order chi connectivity index (χ1) is 12.7. The number of carbonyl (C=O) groups excluding carboxylic acids is 4. The van der Waals surface area contributed by atoms with E-state index in [1.54, 1.807) is 6.07 Å². The summed E-state index contributed by atoms with van der Waals surface area (Å²) >= 11 is 0. The molecular formula is C16H16F3N3O5. The molecule has 2 atom stereocenters. The van der Waals surface area contributed by atoms with Crippen molar-refractivity contribution in [1.29, 1.82) is 0 Å². The number of halogens is 3. The van der Waals surface area contributed by atoms with Gasteiger partial charge in [-0.1, -0.05) is 18.2 Å². The van der Waals surface area contributed by atoms with Crippen molar-refractivity contribution in [2.45, 2.75) is 31.2 Å². The van der Waals surface area contributed by atoms with E-state index in [9.17, 15) is 32.3 Å². The molecule has 0 spiro atoms. The molecule has 0 aromatic heterocycles. The summed E-state index contributed by atoms with van der Waals surface area (Å²) in [5, 5.41) is 5.98. The highest BCUT2D eigenvalue weighted by atomic mass is 19.4. The predicted molar refractivity (Wildman–Crippen MR) is 84.0 cm³/mol. The van der Waals surface area contributed by atoms with Gasteiger partial charge in [-0.2, -0.15) is 13.2 Å². The lowest BCUT2D eigenvalue weighted by Gasteiger charge is -2.20. The summed E-state index contributed by atoms with van der Waals surface area (Å²) in [6.07, 6.45) is -6.45. The van der Waals surface area contributed by atoms with Crippen molar-refractivity contribution in [2.75, 3.05) is 6.54 Å². The van der Waals surface area contributed by atoms with Gasteiger partial charge in [-0.05, 0) is 31.5 Å². The molecule has 146 valence electrons. The normalized spacial score (nSPS) is 17.7. The van der Waals surface area contributed by atoms with E-state index in [0.29, 0.717) is 19.4 Å². The van der Waals surface area contributed by atoms with E-state index < -0.39 is 42.1 Å². The summed E-state index contributed by atoms with van der Waals surface area (Å²) < 4.78 is 42.0. The summed E-state index contributed by atoms with van der Waals surface area (Å²) in [4.78, 5) is 47.1. The van der Waals surface area contributed by atoms with Crippen molar-refractivity contribution >= 4 is 23.8 Å². The average molecular weight is 387 g/mol. The Balaban J connectivity index is 2.10. The van der Waals surface area contributed by atoms with Gasteiger partial charge >= 0.3 is 24.0 Å². The van der Waals surface area contributed by atoms with E-state index in [0.717, 1.165) is 0 Å². The number of rotatable bonds is 5. The maximum Gasteiger partial charge on any atom is 0.471 e. The Morgan fingerprint density at radius 1 is 1.11 bits per heavy atom. The van der Waals surface area contributed by atoms with Crippen molar-refractivity contribution in [3.05, 3.63) is 35.9 Å². The summed E-state index contributed by atoms with van der Waals surface area (Å²) in [7, 11) is 0. The minimum Gasteiger partial charge on any atom is -0.389 e.